The predicted molar refractivity (Wildman–Crippen MR) is 128 cm³/mol. The Labute approximate surface area is 190 Å². The predicted octanol–water partition coefficient (Wildman–Crippen LogP) is 4.31. The highest BCUT2D eigenvalue weighted by Crippen LogP contribution is 2.39. The molecule has 2 aliphatic rings. The van der Waals surface area contributed by atoms with Crippen molar-refractivity contribution in [3.05, 3.63) is 59.8 Å². The van der Waals surface area contributed by atoms with E-state index >= 15 is 0 Å². The lowest BCUT2D eigenvalue weighted by atomic mass is 10.0. The third-order valence-corrected chi connectivity index (χ3v) is 6.34. The van der Waals surface area contributed by atoms with E-state index < -0.39 is 0 Å². The van der Waals surface area contributed by atoms with E-state index in [2.05, 4.69) is 23.6 Å². The summed E-state index contributed by atoms with van der Waals surface area (Å²) in [5.41, 5.74) is 3.26. The highest BCUT2D eigenvalue weighted by Gasteiger charge is 2.43. The van der Waals surface area contributed by atoms with E-state index in [1.807, 2.05) is 48.5 Å². The second-order valence-corrected chi connectivity index (χ2v) is 8.11. The molecule has 2 aliphatic heterocycles. The number of likely N-dealkylation sites (tertiary alicyclic amines) is 1. The molecule has 1 saturated heterocycles. The minimum Gasteiger partial charge on any atom is -0.496 e. The molecule has 6 heteroatoms. The molecule has 32 heavy (non-hydrogen) atoms. The Balaban J connectivity index is 1.77. The highest BCUT2D eigenvalue weighted by molar-refractivity contribution is 6.45. The molecule has 0 N–H and O–H groups in total. The summed E-state index contributed by atoms with van der Waals surface area (Å²) in [4.78, 5) is 33.0. The zero-order valence-electron chi connectivity index (χ0n) is 19.1. The Hall–Kier alpha value is -3.28. The Kier molecular flexibility index (Phi) is 6.49. The summed E-state index contributed by atoms with van der Waals surface area (Å²) in [6.45, 7) is 7.58. The topological polar surface area (TPSA) is 53.1 Å². The first-order valence-corrected chi connectivity index (χ1v) is 11.5. The summed E-state index contributed by atoms with van der Waals surface area (Å²) in [5.74, 6) is 0.0425. The molecular weight excluding hydrogens is 402 g/mol. The van der Waals surface area contributed by atoms with Crippen molar-refractivity contribution < 1.29 is 14.3 Å². The van der Waals surface area contributed by atoms with Gasteiger partial charge in [0.25, 0.3) is 11.8 Å². The van der Waals surface area contributed by atoms with E-state index in [9.17, 15) is 9.59 Å². The van der Waals surface area contributed by atoms with Gasteiger partial charge in [-0.1, -0.05) is 18.2 Å². The number of hydrogen-bond donors (Lipinski definition) is 0. The molecule has 4 rings (SSSR count). The van der Waals surface area contributed by atoms with Gasteiger partial charge in [-0.3, -0.25) is 9.59 Å². The van der Waals surface area contributed by atoms with E-state index in [0.717, 1.165) is 51.1 Å². The number of hydrogen-bond acceptors (Lipinski definition) is 5. The lowest BCUT2D eigenvalue weighted by Gasteiger charge is -2.29. The first-order valence-electron chi connectivity index (χ1n) is 11.5. The van der Waals surface area contributed by atoms with Crippen LogP contribution in [0.4, 0.5) is 11.4 Å². The number of ether oxygens (including phenoxy) is 1. The molecule has 1 fully saturated rings. The fourth-order valence-corrected chi connectivity index (χ4v) is 4.66. The van der Waals surface area contributed by atoms with Gasteiger partial charge in [-0.05, 0) is 63.4 Å². The molecule has 0 radical (unpaired) electrons. The quantitative estimate of drug-likeness (QED) is 0.609. The monoisotopic (exact) mass is 433 g/mol. The van der Waals surface area contributed by atoms with Crippen molar-refractivity contribution in [2.24, 2.45) is 0 Å². The maximum atomic E-state index is 13.7. The van der Waals surface area contributed by atoms with Crippen molar-refractivity contribution in [3.8, 4) is 5.75 Å². The Morgan fingerprint density at radius 2 is 1.53 bits per heavy atom. The first kappa shape index (κ1) is 21.9. The van der Waals surface area contributed by atoms with Crippen molar-refractivity contribution in [1.82, 2.24) is 4.90 Å². The summed E-state index contributed by atoms with van der Waals surface area (Å²) in [7, 11) is 1.59. The number of amides is 2. The molecule has 0 bridgehead atoms. The highest BCUT2D eigenvalue weighted by atomic mass is 16.5. The minimum absolute atomic E-state index is 0.256. The smallest absolute Gasteiger partial charge is 0.282 e. The van der Waals surface area contributed by atoms with Crippen LogP contribution in [-0.2, 0) is 9.59 Å². The van der Waals surface area contributed by atoms with Crippen molar-refractivity contribution in [2.45, 2.75) is 33.1 Å². The van der Waals surface area contributed by atoms with Gasteiger partial charge < -0.3 is 14.5 Å². The Morgan fingerprint density at radius 1 is 0.875 bits per heavy atom. The number of carbonyl (C=O) groups excluding carboxylic acids is 2. The summed E-state index contributed by atoms with van der Waals surface area (Å²) in [6, 6.07) is 15.1. The molecule has 0 unspecified atom stereocenters. The first-order chi connectivity index (χ1) is 15.6. The summed E-state index contributed by atoms with van der Waals surface area (Å²) in [6.07, 6.45) is 3.18. The lowest BCUT2D eigenvalue weighted by Crippen LogP contribution is -2.37. The van der Waals surface area contributed by atoms with Crippen molar-refractivity contribution in [1.29, 1.82) is 0 Å². The van der Waals surface area contributed by atoms with E-state index in [1.165, 1.54) is 4.90 Å². The average molecular weight is 434 g/mol. The van der Waals surface area contributed by atoms with Gasteiger partial charge in [0.1, 0.15) is 11.4 Å². The molecule has 0 atom stereocenters. The van der Waals surface area contributed by atoms with E-state index in [-0.39, 0.29) is 11.8 Å². The molecule has 0 spiro atoms. The number of piperidine rings is 1. The van der Waals surface area contributed by atoms with Gasteiger partial charge in [-0.15, -0.1) is 0 Å². The second kappa shape index (κ2) is 9.47. The third kappa shape index (κ3) is 3.85. The molecule has 2 aromatic rings. The zero-order chi connectivity index (χ0) is 22.7. The van der Waals surface area contributed by atoms with Gasteiger partial charge in [0.2, 0.25) is 0 Å². The van der Waals surface area contributed by atoms with Gasteiger partial charge in [0, 0.05) is 37.4 Å². The van der Waals surface area contributed by atoms with E-state index in [1.54, 1.807) is 7.11 Å². The molecule has 2 amide bonds. The lowest BCUT2D eigenvalue weighted by molar-refractivity contribution is -0.120. The van der Waals surface area contributed by atoms with Crippen LogP contribution in [0.2, 0.25) is 0 Å². The number of para-hydroxylation sites is 1. The standard InChI is InChI=1S/C26H31N3O3/c1-4-27(5-2)19-13-15-20(16-14-19)29-25(30)23(21-11-7-8-12-22(21)32-3)24(26(29)31)28-17-9-6-10-18-28/h7-8,11-16H,4-6,9-10,17-18H2,1-3H3. The number of imide groups is 1. The molecular formula is C26H31N3O3. The summed E-state index contributed by atoms with van der Waals surface area (Å²) < 4.78 is 5.54. The number of benzene rings is 2. The number of anilines is 2. The maximum absolute atomic E-state index is 13.7. The van der Waals surface area contributed by atoms with Crippen LogP contribution in [0.3, 0.4) is 0 Å². The van der Waals surface area contributed by atoms with Gasteiger partial charge in [-0.2, -0.15) is 0 Å². The van der Waals surface area contributed by atoms with Crippen LogP contribution in [0.1, 0.15) is 38.7 Å². The third-order valence-electron chi connectivity index (χ3n) is 6.34. The van der Waals surface area contributed by atoms with Crippen molar-refractivity contribution >= 4 is 28.8 Å². The van der Waals surface area contributed by atoms with Crippen molar-refractivity contribution in [2.75, 3.05) is 43.1 Å². The SMILES string of the molecule is CCN(CC)c1ccc(N2C(=O)C(c3ccccc3OC)=C(N3CCCCC3)C2=O)cc1. The second-order valence-electron chi connectivity index (χ2n) is 8.11. The maximum Gasteiger partial charge on any atom is 0.282 e. The molecule has 0 aliphatic carbocycles. The fourth-order valence-electron chi connectivity index (χ4n) is 4.66. The average Bonchev–Trinajstić information content (AvgIpc) is 3.10. The molecule has 0 saturated carbocycles. The van der Waals surface area contributed by atoms with Crippen LogP contribution in [0, 0.1) is 0 Å². The van der Waals surface area contributed by atoms with Crippen LogP contribution < -0.4 is 14.5 Å². The molecule has 0 aromatic heterocycles. The van der Waals surface area contributed by atoms with Gasteiger partial charge >= 0.3 is 0 Å². The molecule has 2 heterocycles. The van der Waals surface area contributed by atoms with Gasteiger partial charge in [-0.25, -0.2) is 4.90 Å². The molecule has 168 valence electrons. The minimum atomic E-state index is -0.296. The van der Waals surface area contributed by atoms with Gasteiger partial charge in [0.15, 0.2) is 0 Å². The van der Waals surface area contributed by atoms with Crippen molar-refractivity contribution in [3.63, 3.8) is 0 Å². The summed E-state index contributed by atoms with van der Waals surface area (Å²) in [5, 5.41) is 0. The Bertz CT molecular complexity index is 1020. The zero-order valence-corrected chi connectivity index (χ0v) is 19.1. The van der Waals surface area contributed by atoms with Crippen LogP contribution in [0.15, 0.2) is 54.2 Å². The fraction of sp³-hybridized carbons (Fsp3) is 0.385. The molecule has 2 aromatic carbocycles. The number of nitrogens with zero attached hydrogens (tertiary/aromatic N) is 3. The largest absolute Gasteiger partial charge is 0.496 e. The Morgan fingerprint density at radius 3 is 2.16 bits per heavy atom. The van der Waals surface area contributed by atoms with Gasteiger partial charge in [0.05, 0.1) is 18.4 Å². The van der Waals surface area contributed by atoms with Crippen LogP contribution >= 0.6 is 0 Å². The summed E-state index contributed by atoms with van der Waals surface area (Å²) >= 11 is 0. The number of rotatable bonds is 7. The van der Waals surface area contributed by atoms with E-state index in [4.69, 9.17) is 4.74 Å². The van der Waals surface area contributed by atoms with Crippen LogP contribution in [0.5, 0.6) is 5.75 Å². The number of methoxy groups -OCH3 is 1. The normalized spacial score (nSPS) is 16.7. The van der Waals surface area contributed by atoms with Crippen LogP contribution in [0.25, 0.3) is 5.57 Å². The van der Waals surface area contributed by atoms with E-state index in [0.29, 0.717) is 28.3 Å². The number of carbonyl (C=O) groups is 2. The molecule has 6 nitrogen and oxygen atoms in total. The van der Waals surface area contributed by atoms with Crippen LogP contribution in [-0.4, -0.2) is 50.0 Å².